The van der Waals surface area contributed by atoms with Gasteiger partial charge in [-0.15, -0.1) is 0 Å². The molecule has 0 atom stereocenters. The van der Waals surface area contributed by atoms with Gasteiger partial charge in [0.2, 0.25) is 0 Å². The van der Waals surface area contributed by atoms with E-state index >= 15 is 0 Å². The van der Waals surface area contributed by atoms with Gasteiger partial charge in [0.1, 0.15) is 0 Å². The van der Waals surface area contributed by atoms with Crippen molar-refractivity contribution in [1.82, 2.24) is 10.2 Å². The zero-order valence-electron chi connectivity index (χ0n) is 15.9. The van der Waals surface area contributed by atoms with Crippen LogP contribution in [0.4, 0.5) is 0 Å². The van der Waals surface area contributed by atoms with E-state index in [4.69, 9.17) is 5.73 Å². The molecule has 0 unspecified atom stereocenters. The molecule has 5 heteroatoms. The summed E-state index contributed by atoms with van der Waals surface area (Å²) in [5.74, 6) is 0.577. The Hall–Kier alpha value is -1.59. The molecular weight excluding hydrogens is 324 g/mol. The Morgan fingerprint density at radius 3 is 2.27 bits per heavy atom. The van der Waals surface area contributed by atoms with Crippen molar-refractivity contribution in [2.24, 2.45) is 10.7 Å². The molecule has 2 aliphatic rings. The number of aliphatic hydroxyl groups excluding tert-OH is 1. The lowest BCUT2D eigenvalue weighted by Crippen LogP contribution is -2.39. The van der Waals surface area contributed by atoms with Crippen LogP contribution < -0.4 is 11.1 Å². The summed E-state index contributed by atoms with van der Waals surface area (Å²) < 4.78 is 0. The van der Waals surface area contributed by atoms with Gasteiger partial charge in [-0.25, -0.2) is 4.99 Å². The molecule has 5 nitrogen and oxygen atoms in total. The van der Waals surface area contributed by atoms with Gasteiger partial charge in [-0.2, -0.15) is 0 Å². The Balaban J connectivity index is 1.44. The molecule has 0 aromatic heterocycles. The smallest absolute Gasteiger partial charge is 0.189 e. The zero-order valence-corrected chi connectivity index (χ0v) is 15.9. The Bertz CT molecular complexity index is 556. The van der Waals surface area contributed by atoms with E-state index in [1.807, 2.05) is 0 Å². The van der Waals surface area contributed by atoms with Crippen molar-refractivity contribution in [3.63, 3.8) is 0 Å². The molecule has 1 aliphatic heterocycles. The third-order valence-corrected chi connectivity index (χ3v) is 5.63. The quantitative estimate of drug-likeness (QED) is 0.430. The molecule has 26 heavy (non-hydrogen) atoms. The van der Waals surface area contributed by atoms with Crippen molar-refractivity contribution >= 4 is 5.96 Å². The predicted octanol–water partition coefficient (Wildman–Crippen LogP) is 2.77. The number of piperidine rings is 1. The Labute approximate surface area is 157 Å². The molecule has 4 N–H and O–H groups in total. The normalized spacial score (nSPS) is 21.5. The number of rotatable bonds is 5. The molecule has 1 saturated heterocycles. The van der Waals surface area contributed by atoms with Crippen LogP contribution in [0.5, 0.6) is 0 Å². The molecule has 1 heterocycles. The fourth-order valence-electron chi connectivity index (χ4n) is 3.94. The second-order valence-electron chi connectivity index (χ2n) is 7.86. The third-order valence-electron chi connectivity index (χ3n) is 5.63. The molecule has 0 bridgehead atoms. The second-order valence-corrected chi connectivity index (χ2v) is 7.86. The zero-order chi connectivity index (χ0) is 18.2. The van der Waals surface area contributed by atoms with Gasteiger partial charge >= 0.3 is 0 Å². The molecule has 1 aromatic rings. The van der Waals surface area contributed by atoms with E-state index in [-0.39, 0.29) is 6.10 Å². The van der Waals surface area contributed by atoms with Gasteiger partial charge in [0, 0.05) is 25.7 Å². The number of nitrogens with one attached hydrogen (secondary N) is 1. The second kappa shape index (κ2) is 9.93. The molecule has 0 radical (unpaired) electrons. The minimum absolute atomic E-state index is 0.108. The first-order valence-corrected chi connectivity index (χ1v) is 10.2. The predicted molar refractivity (Wildman–Crippen MR) is 107 cm³/mol. The number of hydrogen-bond acceptors (Lipinski definition) is 3. The Kier molecular flexibility index (Phi) is 7.32. The molecule has 0 spiro atoms. The number of benzene rings is 1. The van der Waals surface area contributed by atoms with Gasteiger partial charge in [0.25, 0.3) is 0 Å². The average Bonchev–Trinajstić information content (AvgIpc) is 2.92. The maximum Gasteiger partial charge on any atom is 0.189 e. The Morgan fingerprint density at radius 1 is 1.00 bits per heavy atom. The lowest BCUT2D eigenvalue weighted by Gasteiger charge is -2.29. The summed E-state index contributed by atoms with van der Waals surface area (Å²) in [5.41, 5.74) is 8.59. The monoisotopic (exact) mass is 358 g/mol. The highest BCUT2D eigenvalue weighted by Crippen LogP contribution is 2.17. The molecule has 144 valence electrons. The van der Waals surface area contributed by atoms with E-state index < -0.39 is 0 Å². The maximum atomic E-state index is 9.60. The topological polar surface area (TPSA) is 73.9 Å². The molecule has 1 aliphatic carbocycles. The molecule has 1 saturated carbocycles. The van der Waals surface area contributed by atoms with E-state index in [9.17, 15) is 5.11 Å². The highest BCUT2D eigenvalue weighted by atomic mass is 16.3. The van der Waals surface area contributed by atoms with Crippen LogP contribution in [0.3, 0.4) is 0 Å². The van der Waals surface area contributed by atoms with Crippen LogP contribution in [0, 0.1) is 0 Å². The minimum Gasteiger partial charge on any atom is -0.393 e. The third kappa shape index (κ3) is 6.29. The van der Waals surface area contributed by atoms with E-state index in [1.54, 1.807) is 0 Å². The highest BCUT2D eigenvalue weighted by Gasteiger charge is 2.16. The van der Waals surface area contributed by atoms with Gasteiger partial charge in [-0.3, -0.25) is 4.90 Å². The van der Waals surface area contributed by atoms with Gasteiger partial charge in [0.15, 0.2) is 5.96 Å². The van der Waals surface area contributed by atoms with Crippen molar-refractivity contribution in [3.8, 4) is 0 Å². The number of nitrogens with zero attached hydrogens (tertiary/aromatic N) is 2. The first-order valence-electron chi connectivity index (χ1n) is 10.2. The standard InChI is InChI=1S/C21H34N4O/c22-21(24-19-5-3-1-2-4-6-19)23-15-17-7-9-18(10-8-17)16-25-13-11-20(26)12-14-25/h7-10,19-20,26H,1-6,11-16H2,(H3,22,23,24). The summed E-state index contributed by atoms with van der Waals surface area (Å²) in [6.45, 7) is 3.55. The lowest BCUT2D eigenvalue weighted by molar-refractivity contribution is 0.0792. The van der Waals surface area contributed by atoms with E-state index in [0.717, 1.165) is 32.5 Å². The van der Waals surface area contributed by atoms with Crippen LogP contribution >= 0.6 is 0 Å². The van der Waals surface area contributed by atoms with Crippen LogP contribution in [-0.4, -0.2) is 41.2 Å². The largest absolute Gasteiger partial charge is 0.393 e. The van der Waals surface area contributed by atoms with Crippen LogP contribution in [0.15, 0.2) is 29.3 Å². The van der Waals surface area contributed by atoms with Gasteiger partial charge in [-0.1, -0.05) is 49.9 Å². The number of hydrogen-bond donors (Lipinski definition) is 3. The summed E-state index contributed by atoms with van der Waals surface area (Å²) in [6, 6.07) is 9.16. The molecule has 1 aromatic carbocycles. The fraction of sp³-hybridized carbons (Fsp3) is 0.667. The Morgan fingerprint density at radius 2 is 1.62 bits per heavy atom. The van der Waals surface area contributed by atoms with Crippen molar-refractivity contribution in [2.45, 2.75) is 76.6 Å². The summed E-state index contributed by atoms with van der Waals surface area (Å²) in [4.78, 5) is 6.93. The summed E-state index contributed by atoms with van der Waals surface area (Å²) in [7, 11) is 0. The van der Waals surface area contributed by atoms with Crippen molar-refractivity contribution in [1.29, 1.82) is 0 Å². The molecular formula is C21H34N4O. The van der Waals surface area contributed by atoms with Crippen molar-refractivity contribution < 1.29 is 5.11 Å². The van der Waals surface area contributed by atoms with Crippen LogP contribution in [0.25, 0.3) is 0 Å². The van der Waals surface area contributed by atoms with E-state index in [0.29, 0.717) is 18.5 Å². The minimum atomic E-state index is -0.108. The summed E-state index contributed by atoms with van der Waals surface area (Å²) in [5, 5.41) is 13.0. The van der Waals surface area contributed by atoms with Gasteiger partial charge in [-0.05, 0) is 36.8 Å². The van der Waals surface area contributed by atoms with Gasteiger partial charge in [0.05, 0.1) is 12.6 Å². The SMILES string of the molecule is NC(=NCc1ccc(CN2CCC(O)CC2)cc1)NC1CCCCCC1. The number of aliphatic hydroxyl groups is 1. The van der Waals surface area contributed by atoms with Crippen molar-refractivity contribution in [2.75, 3.05) is 13.1 Å². The summed E-state index contributed by atoms with van der Waals surface area (Å²) >= 11 is 0. The first kappa shape index (κ1) is 19.2. The van der Waals surface area contributed by atoms with E-state index in [1.165, 1.54) is 49.7 Å². The maximum absolute atomic E-state index is 9.60. The van der Waals surface area contributed by atoms with Gasteiger partial charge < -0.3 is 16.2 Å². The number of likely N-dealkylation sites (tertiary alicyclic amines) is 1. The molecule has 3 rings (SSSR count). The number of aliphatic imine (C=N–C) groups is 1. The molecule has 0 amide bonds. The van der Waals surface area contributed by atoms with Crippen molar-refractivity contribution in [3.05, 3.63) is 35.4 Å². The van der Waals surface area contributed by atoms with E-state index in [2.05, 4.69) is 39.5 Å². The average molecular weight is 359 g/mol. The number of guanidine groups is 1. The first-order chi connectivity index (χ1) is 12.7. The lowest BCUT2D eigenvalue weighted by atomic mass is 10.1. The highest BCUT2D eigenvalue weighted by molar-refractivity contribution is 5.78. The van der Waals surface area contributed by atoms with Crippen LogP contribution in [0.2, 0.25) is 0 Å². The van der Waals surface area contributed by atoms with Crippen LogP contribution in [0.1, 0.15) is 62.5 Å². The fourth-order valence-corrected chi connectivity index (χ4v) is 3.94. The van der Waals surface area contributed by atoms with Crippen LogP contribution in [-0.2, 0) is 13.1 Å². The summed E-state index contributed by atoms with van der Waals surface area (Å²) in [6.07, 6.45) is 9.37. The molecule has 2 fully saturated rings. The number of nitrogens with two attached hydrogens (primary N) is 1.